The molecule has 1 fully saturated rings. The van der Waals surface area contributed by atoms with Gasteiger partial charge in [0.05, 0.1) is 6.10 Å². The van der Waals surface area contributed by atoms with E-state index < -0.39 is 18.1 Å². The highest BCUT2D eigenvalue weighted by Crippen LogP contribution is 2.44. The van der Waals surface area contributed by atoms with E-state index in [0.29, 0.717) is 13.2 Å². The van der Waals surface area contributed by atoms with Crippen molar-refractivity contribution in [3.8, 4) is 5.75 Å². The minimum atomic E-state index is -0.911. The van der Waals surface area contributed by atoms with Crippen molar-refractivity contribution in [3.63, 3.8) is 0 Å². The number of aliphatic carboxylic acids is 1. The van der Waals surface area contributed by atoms with E-state index in [0.717, 1.165) is 28.2 Å². The Morgan fingerprint density at radius 1 is 1.38 bits per heavy atom. The molecule has 0 spiro atoms. The number of halogens is 1. The van der Waals surface area contributed by atoms with Crippen molar-refractivity contribution < 1.29 is 23.8 Å². The summed E-state index contributed by atoms with van der Waals surface area (Å²) in [5.74, 6) is -0.439. The number of aryl methyl sites for hydroxylation is 1. The summed E-state index contributed by atoms with van der Waals surface area (Å²) in [6, 6.07) is 11.6. The highest BCUT2D eigenvalue weighted by atomic mass is 32.2. The molecule has 156 valence electrons. The Hall–Kier alpha value is -2.09. The van der Waals surface area contributed by atoms with Gasteiger partial charge in [0.15, 0.2) is 0 Å². The molecule has 0 amide bonds. The van der Waals surface area contributed by atoms with Gasteiger partial charge in [0.1, 0.15) is 24.2 Å². The average Bonchev–Trinajstić information content (AvgIpc) is 3.03. The fourth-order valence-corrected chi connectivity index (χ4v) is 4.84. The molecule has 1 saturated heterocycles. The summed E-state index contributed by atoms with van der Waals surface area (Å²) in [6.07, 6.45) is 0.350. The summed E-state index contributed by atoms with van der Waals surface area (Å²) in [7, 11) is 1.64. The quantitative estimate of drug-likeness (QED) is 0.674. The van der Waals surface area contributed by atoms with Gasteiger partial charge in [-0.2, -0.15) is 0 Å². The lowest BCUT2D eigenvalue weighted by atomic mass is 9.96. The second-order valence-electron chi connectivity index (χ2n) is 7.39. The van der Waals surface area contributed by atoms with Crippen molar-refractivity contribution in [1.82, 2.24) is 5.32 Å². The van der Waals surface area contributed by atoms with Crippen molar-refractivity contribution in [2.75, 3.05) is 13.7 Å². The molecule has 0 aromatic heterocycles. The number of benzene rings is 2. The summed E-state index contributed by atoms with van der Waals surface area (Å²) in [5, 5.41) is 12.3. The molecule has 3 atom stereocenters. The van der Waals surface area contributed by atoms with E-state index in [1.54, 1.807) is 24.9 Å². The smallest absolute Gasteiger partial charge is 0.323 e. The Labute approximate surface area is 174 Å². The third kappa shape index (κ3) is 5.10. The predicted molar refractivity (Wildman–Crippen MR) is 111 cm³/mol. The molecule has 1 heterocycles. The molecule has 2 aromatic rings. The molecule has 0 saturated carbocycles. The molecule has 2 N–H and O–H groups in total. The summed E-state index contributed by atoms with van der Waals surface area (Å²) >= 11 is 1.62. The molecule has 5 nitrogen and oxygen atoms in total. The van der Waals surface area contributed by atoms with E-state index in [1.807, 2.05) is 38.1 Å². The van der Waals surface area contributed by atoms with Crippen LogP contribution < -0.4 is 10.1 Å². The number of ether oxygens (including phenoxy) is 2. The lowest BCUT2D eigenvalue weighted by Crippen LogP contribution is -2.51. The Kier molecular flexibility index (Phi) is 6.82. The number of carboxylic acid groups (broad SMARTS) is 1. The molecule has 1 aliphatic heterocycles. The van der Waals surface area contributed by atoms with E-state index >= 15 is 0 Å². The number of thioether (sulfide) groups is 1. The Bertz CT molecular complexity index is 860. The third-order valence-corrected chi connectivity index (χ3v) is 6.66. The predicted octanol–water partition coefficient (Wildman–Crippen LogP) is 4.03. The van der Waals surface area contributed by atoms with Gasteiger partial charge in [-0.05, 0) is 74.8 Å². The van der Waals surface area contributed by atoms with Gasteiger partial charge in [0, 0.05) is 16.2 Å². The van der Waals surface area contributed by atoms with Crippen LogP contribution in [0.2, 0.25) is 0 Å². The SMILES string of the molecule is CNC(C(=O)O)[C@H]1OCC[C@@]1(C)Sc1ccc(OCc2ccc(F)cc2C)cc1. The highest BCUT2D eigenvalue weighted by molar-refractivity contribution is 8.00. The van der Waals surface area contributed by atoms with E-state index in [9.17, 15) is 14.3 Å². The van der Waals surface area contributed by atoms with Crippen LogP contribution in [0.15, 0.2) is 47.4 Å². The molecule has 0 radical (unpaired) electrons. The Morgan fingerprint density at radius 2 is 2.10 bits per heavy atom. The highest BCUT2D eigenvalue weighted by Gasteiger charge is 2.47. The maximum Gasteiger partial charge on any atom is 0.323 e. The number of carboxylic acids is 1. The minimum absolute atomic E-state index is 0.251. The van der Waals surface area contributed by atoms with Crippen molar-refractivity contribution in [1.29, 1.82) is 0 Å². The largest absolute Gasteiger partial charge is 0.489 e. The fourth-order valence-electron chi connectivity index (χ4n) is 3.52. The zero-order chi connectivity index (χ0) is 21.0. The fraction of sp³-hybridized carbons (Fsp3) is 0.409. The number of carbonyl (C=O) groups is 1. The van der Waals surface area contributed by atoms with E-state index in [-0.39, 0.29) is 10.6 Å². The van der Waals surface area contributed by atoms with Gasteiger partial charge in [-0.1, -0.05) is 6.07 Å². The van der Waals surface area contributed by atoms with Gasteiger partial charge in [0.25, 0.3) is 0 Å². The maximum atomic E-state index is 13.2. The Morgan fingerprint density at radius 3 is 2.72 bits per heavy atom. The first kappa shape index (κ1) is 21.6. The van der Waals surface area contributed by atoms with E-state index in [4.69, 9.17) is 9.47 Å². The lowest BCUT2D eigenvalue weighted by Gasteiger charge is -2.33. The van der Waals surface area contributed by atoms with E-state index in [1.165, 1.54) is 12.1 Å². The van der Waals surface area contributed by atoms with Crippen LogP contribution in [0.3, 0.4) is 0 Å². The van der Waals surface area contributed by atoms with Crippen LogP contribution in [0.25, 0.3) is 0 Å². The zero-order valence-electron chi connectivity index (χ0n) is 16.8. The first-order valence-corrected chi connectivity index (χ1v) is 10.3. The third-order valence-electron chi connectivity index (χ3n) is 5.25. The lowest BCUT2D eigenvalue weighted by molar-refractivity contribution is -0.143. The van der Waals surface area contributed by atoms with Gasteiger partial charge in [0.2, 0.25) is 0 Å². The zero-order valence-corrected chi connectivity index (χ0v) is 17.6. The summed E-state index contributed by atoms with van der Waals surface area (Å²) < 4.78 is 24.5. The molecular weight excluding hydrogens is 393 g/mol. The molecule has 1 aliphatic rings. The summed E-state index contributed by atoms with van der Waals surface area (Å²) in [6.45, 7) is 4.81. The van der Waals surface area contributed by atoms with Crippen LogP contribution in [-0.2, 0) is 16.1 Å². The van der Waals surface area contributed by atoms with Crippen LogP contribution in [0.5, 0.6) is 5.75 Å². The first-order chi connectivity index (χ1) is 13.8. The average molecular weight is 420 g/mol. The second kappa shape index (κ2) is 9.15. The van der Waals surface area contributed by atoms with Crippen molar-refractivity contribution >= 4 is 17.7 Å². The van der Waals surface area contributed by atoms with Crippen LogP contribution in [0, 0.1) is 12.7 Å². The standard InChI is InChI=1S/C22H26FNO4S/c1-14-12-16(23)5-4-15(14)13-28-17-6-8-18(9-7-17)29-22(2)10-11-27-20(22)19(24-3)21(25)26/h4-9,12,19-20,24H,10-11,13H2,1-3H3,(H,25,26)/t19?,20-,22-/m1/s1. The number of hydrogen-bond acceptors (Lipinski definition) is 5. The van der Waals surface area contributed by atoms with Gasteiger partial charge < -0.3 is 19.9 Å². The van der Waals surface area contributed by atoms with Crippen LogP contribution in [0.1, 0.15) is 24.5 Å². The number of rotatable bonds is 8. The number of nitrogens with one attached hydrogen (secondary N) is 1. The van der Waals surface area contributed by atoms with Crippen molar-refractivity contribution in [2.45, 2.75) is 48.7 Å². The maximum absolute atomic E-state index is 13.2. The molecule has 0 aliphatic carbocycles. The number of hydrogen-bond donors (Lipinski definition) is 2. The van der Waals surface area contributed by atoms with E-state index in [2.05, 4.69) is 5.32 Å². The molecule has 0 bridgehead atoms. The second-order valence-corrected chi connectivity index (χ2v) is 9.00. The molecule has 3 rings (SSSR count). The normalized spacial score (nSPS) is 22.4. The molecule has 2 aromatic carbocycles. The summed E-state index contributed by atoms with van der Waals surface area (Å²) in [4.78, 5) is 12.6. The van der Waals surface area contributed by atoms with Gasteiger partial charge >= 0.3 is 5.97 Å². The van der Waals surface area contributed by atoms with Crippen LogP contribution in [-0.4, -0.2) is 41.6 Å². The Balaban J connectivity index is 1.64. The molecule has 1 unspecified atom stereocenters. The van der Waals surface area contributed by atoms with Crippen LogP contribution >= 0.6 is 11.8 Å². The minimum Gasteiger partial charge on any atom is -0.489 e. The molecular formula is C22H26FNO4S. The van der Waals surface area contributed by atoms with Crippen LogP contribution in [0.4, 0.5) is 4.39 Å². The monoisotopic (exact) mass is 419 g/mol. The molecule has 7 heteroatoms. The summed E-state index contributed by atoms with van der Waals surface area (Å²) in [5.41, 5.74) is 1.80. The first-order valence-electron chi connectivity index (χ1n) is 9.51. The topological polar surface area (TPSA) is 67.8 Å². The molecule has 29 heavy (non-hydrogen) atoms. The number of likely N-dealkylation sites (N-methyl/N-ethyl adjacent to an activating group) is 1. The van der Waals surface area contributed by atoms with Gasteiger partial charge in [-0.25, -0.2) is 4.39 Å². The van der Waals surface area contributed by atoms with Gasteiger partial charge in [-0.3, -0.25) is 4.79 Å². The van der Waals surface area contributed by atoms with Gasteiger partial charge in [-0.15, -0.1) is 11.8 Å². The van der Waals surface area contributed by atoms with Crippen molar-refractivity contribution in [3.05, 3.63) is 59.4 Å². The van der Waals surface area contributed by atoms with Crippen molar-refractivity contribution in [2.24, 2.45) is 0 Å².